The largest absolute Gasteiger partial charge is 0.472 e. The summed E-state index contributed by atoms with van der Waals surface area (Å²) in [5.74, 6) is -0.0450. The molecule has 146 valence electrons. The molecule has 26 heavy (non-hydrogen) atoms. The number of aromatic amines is 1. The van der Waals surface area contributed by atoms with Crippen molar-refractivity contribution in [3.63, 3.8) is 0 Å². The zero-order valence-electron chi connectivity index (χ0n) is 14.5. The molecule has 1 unspecified atom stereocenters. The van der Waals surface area contributed by atoms with Crippen LogP contribution in [0.15, 0.2) is 11.1 Å². The van der Waals surface area contributed by atoms with Gasteiger partial charge in [0.15, 0.2) is 11.2 Å². The number of phosphoric acid groups is 1. The number of hydrogen-bond donors (Lipinski definition) is 3. The highest BCUT2D eigenvalue weighted by Gasteiger charge is 2.23. The number of H-pyrrole nitrogens is 1. The minimum Gasteiger partial charge on any atom is -0.379 e. The SMILES string of the molecule is CCOC[C@H](COP(=O)(O)OCC)OCn1cnc2c(=O)[nH]c(N)nc21. The van der Waals surface area contributed by atoms with Crippen molar-refractivity contribution < 1.29 is 28.0 Å². The third-order valence-corrected chi connectivity index (χ3v) is 4.23. The summed E-state index contributed by atoms with van der Waals surface area (Å²) in [7, 11) is -4.14. The summed E-state index contributed by atoms with van der Waals surface area (Å²) in [5.41, 5.74) is 5.45. The van der Waals surface area contributed by atoms with E-state index in [9.17, 15) is 14.3 Å². The molecule has 4 N–H and O–H groups in total. The van der Waals surface area contributed by atoms with Crippen molar-refractivity contribution in [2.24, 2.45) is 0 Å². The molecule has 2 heterocycles. The number of rotatable bonds is 11. The monoisotopic (exact) mass is 391 g/mol. The van der Waals surface area contributed by atoms with Gasteiger partial charge in [0.05, 0.1) is 26.1 Å². The highest BCUT2D eigenvalue weighted by Crippen LogP contribution is 2.43. The second-order valence-electron chi connectivity index (χ2n) is 5.10. The third kappa shape index (κ3) is 5.59. The number of fused-ring (bicyclic) bond motifs is 1. The van der Waals surface area contributed by atoms with Crippen molar-refractivity contribution in [1.82, 2.24) is 19.5 Å². The van der Waals surface area contributed by atoms with Gasteiger partial charge in [0.1, 0.15) is 12.8 Å². The maximum atomic E-state index is 11.8. The van der Waals surface area contributed by atoms with Crippen LogP contribution in [-0.2, 0) is 29.8 Å². The lowest BCUT2D eigenvalue weighted by molar-refractivity contribution is -0.0645. The van der Waals surface area contributed by atoms with E-state index in [0.29, 0.717) is 6.61 Å². The molecule has 0 aromatic carbocycles. The summed E-state index contributed by atoms with van der Waals surface area (Å²) in [4.78, 5) is 31.6. The number of ether oxygens (including phenoxy) is 2. The van der Waals surface area contributed by atoms with Gasteiger partial charge in [-0.1, -0.05) is 0 Å². The molecular formula is C13H22N5O7P. The van der Waals surface area contributed by atoms with Gasteiger partial charge in [0.25, 0.3) is 5.56 Å². The van der Waals surface area contributed by atoms with E-state index in [-0.39, 0.29) is 43.7 Å². The summed E-state index contributed by atoms with van der Waals surface area (Å²) in [5, 5.41) is 0. The van der Waals surface area contributed by atoms with E-state index >= 15 is 0 Å². The van der Waals surface area contributed by atoms with Crippen molar-refractivity contribution >= 4 is 24.9 Å². The Balaban J connectivity index is 2.04. The average Bonchev–Trinajstić information content (AvgIpc) is 2.97. The van der Waals surface area contributed by atoms with E-state index in [1.807, 2.05) is 0 Å². The minimum atomic E-state index is -4.14. The van der Waals surface area contributed by atoms with Crippen molar-refractivity contribution in [3.05, 3.63) is 16.7 Å². The van der Waals surface area contributed by atoms with E-state index in [1.54, 1.807) is 13.8 Å². The molecule has 2 rings (SSSR count). The smallest absolute Gasteiger partial charge is 0.379 e. The van der Waals surface area contributed by atoms with Crippen LogP contribution in [0.25, 0.3) is 11.2 Å². The highest BCUT2D eigenvalue weighted by molar-refractivity contribution is 7.47. The van der Waals surface area contributed by atoms with Crippen LogP contribution in [0.3, 0.4) is 0 Å². The molecule has 0 spiro atoms. The van der Waals surface area contributed by atoms with Gasteiger partial charge in [-0.05, 0) is 13.8 Å². The van der Waals surface area contributed by atoms with E-state index in [0.717, 1.165) is 0 Å². The summed E-state index contributed by atoms with van der Waals surface area (Å²) >= 11 is 0. The molecule has 0 bridgehead atoms. The molecule has 13 heteroatoms. The second-order valence-corrected chi connectivity index (χ2v) is 6.55. The van der Waals surface area contributed by atoms with Crippen molar-refractivity contribution in [1.29, 1.82) is 0 Å². The Morgan fingerprint density at radius 1 is 1.35 bits per heavy atom. The Hall–Kier alpha value is -1.82. The number of hydrogen-bond acceptors (Lipinski definition) is 9. The quantitative estimate of drug-likeness (QED) is 0.452. The molecule has 2 aromatic heterocycles. The average molecular weight is 391 g/mol. The highest BCUT2D eigenvalue weighted by atomic mass is 31.2. The van der Waals surface area contributed by atoms with Crippen LogP contribution in [0.2, 0.25) is 0 Å². The first-order chi connectivity index (χ1) is 12.4. The summed E-state index contributed by atoms with van der Waals surface area (Å²) in [6.07, 6.45) is 0.717. The fourth-order valence-electron chi connectivity index (χ4n) is 2.02. The fourth-order valence-corrected chi connectivity index (χ4v) is 2.78. The molecule has 0 aliphatic rings. The zero-order chi connectivity index (χ0) is 19.2. The Labute approximate surface area is 148 Å². The van der Waals surface area contributed by atoms with Gasteiger partial charge in [-0.15, -0.1) is 0 Å². The van der Waals surface area contributed by atoms with Crippen LogP contribution in [0.4, 0.5) is 5.95 Å². The number of phosphoric ester groups is 1. The Morgan fingerprint density at radius 3 is 2.81 bits per heavy atom. The van der Waals surface area contributed by atoms with E-state index < -0.39 is 19.5 Å². The molecule has 0 saturated heterocycles. The second kappa shape index (κ2) is 9.21. The molecule has 0 aliphatic carbocycles. The maximum Gasteiger partial charge on any atom is 0.472 e. The summed E-state index contributed by atoms with van der Waals surface area (Å²) in [6, 6.07) is 0. The van der Waals surface area contributed by atoms with Gasteiger partial charge in [-0.2, -0.15) is 4.98 Å². The molecular weight excluding hydrogens is 369 g/mol. The van der Waals surface area contributed by atoms with E-state index in [1.165, 1.54) is 10.9 Å². The lowest BCUT2D eigenvalue weighted by atomic mass is 10.4. The molecule has 0 fully saturated rings. The number of anilines is 1. The molecule has 2 atom stereocenters. The molecule has 2 aromatic rings. The van der Waals surface area contributed by atoms with Crippen molar-refractivity contribution in [2.45, 2.75) is 26.7 Å². The molecule has 12 nitrogen and oxygen atoms in total. The number of nitrogen functional groups attached to an aromatic ring is 1. The lowest BCUT2D eigenvalue weighted by Crippen LogP contribution is -2.26. The number of nitrogens with zero attached hydrogens (tertiary/aromatic N) is 3. The number of nitrogens with one attached hydrogen (secondary N) is 1. The maximum absolute atomic E-state index is 11.8. The van der Waals surface area contributed by atoms with E-state index in [4.69, 9.17) is 19.7 Å². The predicted octanol–water partition coefficient (Wildman–Crippen LogP) is 0.235. The number of imidazole rings is 1. The Morgan fingerprint density at radius 2 is 2.12 bits per heavy atom. The normalized spacial score (nSPS) is 15.2. The number of aromatic nitrogens is 4. The lowest BCUT2D eigenvalue weighted by Gasteiger charge is -2.19. The van der Waals surface area contributed by atoms with Crippen LogP contribution < -0.4 is 11.3 Å². The van der Waals surface area contributed by atoms with Crippen molar-refractivity contribution in [3.8, 4) is 0 Å². The predicted molar refractivity (Wildman–Crippen MR) is 91.3 cm³/mol. The van der Waals surface area contributed by atoms with Gasteiger partial charge >= 0.3 is 7.82 Å². The summed E-state index contributed by atoms with van der Waals surface area (Å²) < 4.78 is 33.5. The first-order valence-corrected chi connectivity index (χ1v) is 9.37. The van der Waals surface area contributed by atoms with Gasteiger partial charge < -0.3 is 20.1 Å². The van der Waals surface area contributed by atoms with Crippen LogP contribution in [0.5, 0.6) is 0 Å². The Kier molecular flexibility index (Phi) is 7.26. The van der Waals surface area contributed by atoms with Crippen LogP contribution in [-0.4, -0.2) is 56.9 Å². The standard InChI is InChI=1S/C13H22N5O7P/c1-3-22-5-9(6-25-26(20,21)24-4-2)23-8-18-7-15-10-11(18)16-13(14)17-12(10)19/h7,9H,3-6,8H2,1-2H3,(H,20,21)(H3,14,16,17,19)/t9-/m1/s1. The molecule has 0 aliphatic heterocycles. The van der Waals surface area contributed by atoms with Gasteiger partial charge in [-0.3, -0.25) is 23.4 Å². The van der Waals surface area contributed by atoms with Gasteiger partial charge in [0, 0.05) is 6.61 Å². The Bertz CT molecular complexity index is 823. The van der Waals surface area contributed by atoms with Gasteiger partial charge in [0.2, 0.25) is 5.95 Å². The van der Waals surface area contributed by atoms with Crippen LogP contribution >= 0.6 is 7.82 Å². The van der Waals surface area contributed by atoms with E-state index in [2.05, 4.69) is 19.5 Å². The first-order valence-electron chi connectivity index (χ1n) is 7.88. The van der Waals surface area contributed by atoms with Gasteiger partial charge in [-0.25, -0.2) is 9.55 Å². The number of nitrogens with two attached hydrogens (primary N) is 1. The molecule has 0 amide bonds. The third-order valence-electron chi connectivity index (χ3n) is 3.17. The van der Waals surface area contributed by atoms with Crippen LogP contribution in [0.1, 0.15) is 13.8 Å². The first kappa shape index (κ1) is 20.5. The molecule has 0 radical (unpaired) electrons. The topological polar surface area (TPSA) is 164 Å². The summed E-state index contributed by atoms with van der Waals surface area (Å²) in [6.45, 7) is 3.71. The minimum absolute atomic E-state index is 0.0351. The van der Waals surface area contributed by atoms with Crippen molar-refractivity contribution in [2.75, 3.05) is 32.2 Å². The fraction of sp³-hybridized carbons (Fsp3) is 0.615. The van der Waals surface area contributed by atoms with Crippen LogP contribution in [0, 0.1) is 0 Å². The molecule has 0 saturated carbocycles. The zero-order valence-corrected chi connectivity index (χ0v) is 15.3.